The number of rotatable bonds is 5. The summed E-state index contributed by atoms with van der Waals surface area (Å²) < 4.78 is 23.7. The second-order valence-electron chi connectivity index (χ2n) is 3.72. The van der Waals surface area contributed by atoms with Crippen LogP contribution in [0.25, 0.3) is 11.3 Å². The Hall–Kier alpha value is -1.75. The highest BCUT2D eigenvalue weighted by molar-refractivity contribution is 7.99. The van der Waals surface area contributed by atoms with Crippen LogP contribution in [0.15, 0.2) is 59.9 Å². The molecule has 0 aliphatic heterocycles. The maximum Gasteiger partial charge on any atom is 0.266 e. The average Bonchev–Trinajstić information content (AvgIpc) is 2.45. The fourth-order valence-corrected chi connectivity index (χ4v) is 2.21. The standard InChI is InChI=1S/C14H12F2N2S/c15-13(16)7-4-10-19-14-17-9-8-12(18-14)11-5-2-1-3-6-11/h1-3,5-9H,4,10H2. The van der Waals surface area contributed by atoms with E-state index in [4.69, 9.17) is 0 Å². The molecule has 0 fully saturated rings. The Labute approximate surface area is 114 Å². The van der Waals surface area contributed by atoms with E-state index < -0.39 is 6.08 Å². The molecule has 2 rings (SSSR count). The zero-order valence-electron chi connectivity index (χ0n) is 10.1. The Balaban J connectivity index is 2.02. The van der Waals surface area contributed by atoms with Gasteiger partial charge < -0.3 is 0 Å². The van der Waals surface area contributed by atoms with E-state index in [-0.39, 0.29) is 0 Å². The van der Waals surface area contributed by atoms with Gasteiger partial charge in [0.1, 0.15) is 0 Å². The highest BCUT2D eigenvalue weighted by Crippen LogP contribution is 2.20. The maximum atomic E-state index is 11.9. The number of hydrogen-bond acceptors (Lipinski definition) is 3. The van der Waals surface area contributed by atoms with Gasteiger partial charge in [0.15, 0.2) is 5.16 Å². The molecule has 0 saturated heterocycles. The van der Waals surface area contributed by atoms with Crippen molar-refractivity contribution < 1.29 is 8.78 Å². The van der Waals surface area contributed by atoms with Crippen LogP contribution in [0, 0.1) is 0 Å². The van der Waals surface area contributed by atoms with E-state index in [0.717, 1.165) is 17.3 Å². The minimum Gasteiger partial charge on any atom is -0.231 e. The predicted molar refractivity (Wildman–Crippen MR) is 73.1 cm³/mol. The van der Waals surface area contributed by atoms with E-state index in [9.17, 15) is 8.78 Å². The lowest BCUT2D eigenvalue weighted by Gasteiger charge is -2.02. The molecular formula is C14H12F2N2S. The topological polar surface area (TPSA) is 25.8 Å². The van der Waals surface area contributed by atoms with Crippen molar-refractivity contribution in [3.63, 3.8) is 0 Å². The zero-order chi connectivity index (χ0) is 13.5. The van der Waals surface area contributed by atoms with E-state index in [1.54, 1.807) is 6.20 Å². The SMILES string of the molecule is FC(F)=CCCSc1nccc(-c2ccccc2)n1. The van der Waals surface area contributed by atoms with Gasteiger partial charge in [-0.05, 0) is 18.6 Å². The number of aromatic nitrogens is 2. The van der Waals surface area contributed by atoms with E-state index >= 15 is 0 Å². The number of thioether (sulfide) groups is 1. The third-order valence-electron chi connectivity index (χ3n) is 2.35. The Bertz CT molecular complexity index is 554. The first kappa shape index (κ1) is 13.7. The molecule has 5 heteroatoms. The van der Waals surface area contributed by atoms with Gasteiger partial charge in [0, 0.05) is 17.5 Å². The van der Waals surface area contributed by atoms with E-state index in [1.807, 2.05) is 36.4 Å². The number of benzene rings is 1. The van der Waals surface area contributed by atoms with Gasteiger partial charge in [-0.2, -0.15) is 8.78 Å². The Morgan fingerprint density at radius 1 is 1.16 bits per heavy atom. The molecule has 0 unspecified atom stereocenters. The predicted octanol–water partition coefficient (Wildman–Crippen LogP) is 4.41. The van der Waals surface area contributed by atoms with Gasteiger partial charge in [-0.3, -0.25) is 0 Å². The van der Waals surface area contributed by atoms with Crippen molar-refractivity contribution in [2.45, 2.75) is 11.6 Å². The van der Waals surface area contributed by atoms with Crippen molar-refractivity contribution in [3.05, 3.63) is 54.8 Å². The molecule has 0 radical (unpaired) electrons. The Morgan fingerprint density at radius 2 is 1.95 bits per heavy atom. The summed E-state index contributed by atoms with van der Waals surface area (Å²) in [4.78, 5) is 8.53. The second kappa shape index (κ2) is 6.99. The molecule has 0 atom stereocenters. The molecule has 0 bridgehead atoms. The quantitative estimate of drug-likeness (QED) is 0.460. The molecule has 1 heterocycles. The fourth-order valence-electron chi connectivity index (χ4n) is 1.50. The summed E-state index contributed by atoms with van der Waals surface area (Å²) in [7, 11) is 0. The lowest BCUT2D eigenvalue weighted by molar-refractivity contribution is 0.418. The Kier molecular flexibility index (Phi) is 5.03. The van der Waals surface area contributed by atoms with E-state index in [0.29, 0.717) is 17.3 Å². The third-order valence-corrected chi connectivity index (χ3v) is 3.25. The zero-order valence-corrected chi connectivity index (χ0v) is 10.9. The first-order valence-corrected chi connectivity index (χ1v) is 6.76. The molecule has 19 heavy (non-hydrogen) atoms. The van der Waals surface area contributed by atoms with Gasteiger partial charge in [-0.1, -0.05) is 42.1 Å². The highest BCUT2D eigenvalue weighted by atomic mass is 32.2. The van der Waals surface area contributed by atoms with Crippen molar-refractivity contribution >= 4 is 11.8 Å². The van der Waals surface area contributed by atoms with Crippen molar-refractivity contribution in [1.82, 2.24) is 9.97 Å². The van der Waals surface area contributed by atoms with Crippen molar-refractivity contribution in [3.8, 4) is 11.3 Å². The van der Waals surface area contributed by atoms with Crippen LogP contribution in [0.5, 0.6) is 0 Å². The van der Waals surface area contributed by atoms with Gasteiger partial charge in [0.2, 0.25) is 0 Å². The van der Waals surface area contributed by atoms with E-state index in [1.165, 1.54) is 11.8 Å². The molecule has 0 aliphatic rings. The van der Waals surface area contributed by atoms with Gasteiger partial charge in [-0.25, -0.2) is 9.97 Å². The molecule has 0 saturated carbocycles. The first-order valence-electron chi connectivity index (χ1n) is 5.78. The van der Waals surface area contributed by atoms with Crippen molar-refractivity contribution in [1.29, 1.82) is 0 Å². The van der Waals surface area contributed by atoms with Crippen LogP contribution in [0.2, 0.25) is 0 Å². The van der Waals surface area contributed by atoms with Gasteiger partial charge in [0.05, 0.1) is 5.69 Å². The summed E-state index contributed by atoms with van der Waals surface area (Å²) in [6.45, 7) is 0. The number of allylic oxidation sites excluding steroid dienone is 1. The monoisotopic (exact) mass is 278 g/mol. The van der Waals surface area contributed by atoms with Crippen LogP contribution >= 0.6 is 11.8 Å². The van der Waals surface area contributed by atoms with Crippen LogP contribution in [-0.2, 0) is 0 Å². The smallest absolute Gasteiger partial charge is 0.231 e. The van der Waals surface area contributed by atoms with Crippen molar-refractivity contribution in [2.75, 3.05) is 5.75 Å². The minimum atomic E-state index is -1.64. The summed E-state index contributed by atoms with van der Waals surface area (Å²) in [5.74, 6) is 0.537. The van der Waals surface area contributed by atoms with E-state index in [2.05, 4.69) is 9.97 Å². The molecule has 0 aliphatic carbocycles. The third kappa shape index (κ3) is 4.44. The minimum absolute atomic E-state index is 0.311. The number of hydrogen-bond donors (Lipinski definition) is 0. The van der Waals surface area contributed by atoms with Gasteiger partial charge >= 0.3 is 0 Å². The van der Waals surface area contributed by atoms with Crippen LogP contribution in [0.1, 0.15) is 6.42 Å². The maximum absolute atomic E-state index is 11.9. The molecule has 1 aromatic carbocycles. The summed E-state index contributed by atoms with van der Waals surface area (Å²) in [5, 5.41) is 0.606. The van der Waals surface area contributed by atoms with Crippen molar-refractivity contribution in [2.24, 2.45) is 0 Å². The molecule has 2 nitrogen and oxygen atoms in total. The highest BCUT2D eigenvalue weighted by Gasteiger charge is 2.02. The molecule has 2 aromatic rings. The molecular weight excluding hydrogens is 266 g/mol. The van der Waals surface area contributed by atoms with Crippen LogP contribution in [0.3, 0.4) is 0 Å². The van der Waals surface area contributed by atoms with Gasteiger partial charge in [-0.15, -0.1) is 0 Å². The molecule has 0 spiro atoms. The lowest BCUT2D eigenvalue weighted by Crippen LogP contribution is -1.90. The Morgan fingerprint density at radius 3 is 2.68 bits per heavy atom. The molecule has 0 amide bonds. The normalized spacial score (nSPS) is 10.2. The molecule has 0 N–H and O–H groups in total. The fraction of sp³-hybridized carbons (Fsp3) is 0.143. The largest absolute Gasteiger partial charge is 0.266 e. The number of halogens is 2. The molecule has 1 aromatic heterocycles. The van der Waals surface area contributed by atoms with Crippen LogP contribution in [-0.4, -0.2) is 15.7 Å². The molecule has 98 valence electrons. The summed E-state index contributed by atoms with van der Waals surface area (Å²) >= 11 is 1.37. The second-order valence-corrected chi connectivity index (χ2v) is 4.78. The lowest BCUT2D eigenvalue weighted by atomic mass is 10.1. The number of nitrogens with zero attached hydrogens (tertiary/aromatic N) is 2. The summed E-state index contributed by atoms with van der Waals surface area (Å²) in [6, 6.07) is 11.6. The first-order chi connectivity index (χ1) is 9.25. The van der Waals surface area contributed by atoms with Gasteiger partial charge in [0.25, 0.3) is 6.08 Å². The van der Waals surface area contributed by atoms with Crippen LogP contribution in [0.4, 0.5) is 8.78 Å². The average molecular weight is 278 g/mol. The van der Waals surface area contributed by atoms with Crippen LogP contribution < -0.4 is 0 Å². The summed E-state index contributed by atoms with van der Waals surface area (Å²) in [5.41, 5.74) is 1.85. The summed E-state index contributed by atoms with van der Waals surface area (Å²) in [6.07, 6.45) is 1.27.